The number of ether oxygens (including phenoxy) is 2. The molecule has 2 aliphatic carbocycles. The Morgan fingerprint density at radius 2 is 2.04 bits per heavy atom. The number of hydrogen-bond donors (Lipinski definition) is 2. The van der Waals surface area contributed by atoms with Gasteiger partial charge in [0.05, 0.1) is 26.4 Å². The third-order valence-electron chi connectivity index (χ3n) is 6.46. The van der Waals surface area contributed by atoms with E-state index in [0.717, 1.165) is 49.8 Å². The molecule has 2 aromatic carbocycles. The van der Waals surface area contributed by atoms with Gasteiger partial charge in [-0.25, -0.2) is 0 Å². The molecule has 2 aliphatic rings. The fourth-order valence-corrected chi connectivity index (χ4v) is 4.70. The molecule has 0 saturated heterocycles. The van der Waals surface area contributed by atoms with Gasteiger partial charge in [-0.2, -0.15) is 0 Å². The fraction of sp³-hybridized carbons (Fsp3) is 0.500. The lowest BCUT2D eigenvalue weighted by atomic mass is 9.85. The van der Waals surface area contributed by atoms with Crippen LogP contribution in [0.2, 0.25) is 0 Å². The van der Waals surface area contributed by atoms with E-state index in [0.29, 0.717) is 12.5 Å². The summed E-state index contributed by atoms with van der Waals surface area (Å²) in [6.07, 6.45) is 6.22. The summed E-state index contributed by atoms with van der Waals surface area (Å²) < 4.78 is 11.5. The number of benzene rings is 2. The highest BCUT2D eigenvalue weighted by molar-refractivity contribution is 5.37. The van der Waals surface area contributed by atoms with E-state index in [2.05, 4.69) is 24.3 Å². The number of methoxy groups -OCH3 is 1. The van der Waals surface area contributed by atoms with Gasteiger partial charge in [-0.05, 0) is 78.8 Å². The summed E-state index contributed by atoms with van der Waals surface area (Å²) in [4.78, 5) is 0. The van der Waals surface area contributed by atoms with Crippen LogP contribution in [0.5, 0.6) is 5.75 Å². The molecular formula is C24H31NO3. The topological polar surface area (TPSA) is 64.7 Å². The smallest absolute Gasteiger partial charge is 0.119 e. The van der Waals surface area contributed by atoms with Crippen LogP contribution >= 0.6 is 0 Å². The van der Waals surface area contributed by atoms with E-state index >= 15 is 0 Å². The van der Waals surface area contributed by atoms with E-state index in [-0.39, 0.29) is 18.2 Å². The van der Waals surface area contributed by atoms with Crippen molar-refractivity contribution in [1.29, 1.82) is 0 Å². The van der Waals surface area contributed by atoms with E-state index in [4.69, 9.17) is 15.2 Å². The number of fused-ring (bicyclic) bond motifs is 1. The molecule has 4 heteroatoms. The second-order valence-corrected chi connectivity index (χ2v) is 8.52. The summed E-state index contributed by atoms with van der Waals surface area (Å²) in [5.41, 5.74) is 11.3. The molecule has 3 atom stereocenters. The highest BCUT2D eigenvalue weighted by atomic mass is 16.5. The third-order valence-corrected chi connectivity index (χ3v) is 6.46. The Balaban J connectivity index is 1.37. The zero-order chi connectivity index (χ0) is 19.6. The first-order valence-corrected chi connectivity index (χ1v) is 10.3. The van der Waals surface area contributed by atoms with Gasteiger partial charge in [0.15, 0.2) is 0 Å². The molecule has 0 amide bonds. The third kappa shape index (κ3) is 4.24. The van der Waals surface area contributed by atoms with E-state index in [1.807, 2.05) is 18.2 Å². The lowest BCUT2D eigenvalue weighted by molar-refractivity contribution is 0.0318. The molecule has 4 rings (SSSR count). The normalized spacial score (nSPS) is 26.8. The number of rotatable bonds is 6. The summed E-state index contributed by atoms with van der Waals surface area (Å²) in [5, 5.41) is 9.53. The molecule has 1 saturated carbocycles. The Morgan fingerprint density at radius 3 is 2.82 bits per heavy atom. The minimum Gasteiger partial charge on any atom is -0.497 e. The van der Waals surface area contributed by atoms with Crippen molar-refractivity contribution in [2.24, 2.45) is 5.73 Å². The summed E-state index contributed by atoms with van der Waals surface area (Å²) in [5.74, 6) is 1.35. The van der Waals surface area contributed by atoms with E-state index in [1.165, 1.54) is 16.7 Å². The van der Waals surface area contributed by atoms with Gasteiger partial charge in [0.1, 0.15) is 5.75 Å². The Bertz CT molecular complexity index is 821. The van der Waals surface area contributed by atoms with Gasteiger partial charge in [0.2, 0.25) is 0 Å². The molecule has 2 aromatic rings. The molecule has 4 nitrogen and oxygen atoms in total. The zero-order valence-electron chi connectivity index (χ0n) is 16.7. The Morgan fingerprint density at radius 1 is 1.14 bits per heavy atom. The maximum Gasteiger partial charge on any atom is 0.119 e. The summed E-state index contributed by atoms with van der Waals surface area (Å²) in [7, 11) is 1.69. The first-order chi connectivity index (χ1) is 13.6. The van der Waals surface area contributed by atoms with Crippen molar-refractivity contribution in [2.75, 3.05) is 13.7 Å². The Kier molecular flexibility index (Phi) is 5.72. The van der Waals surface area contributed by atoms with Gasteiger partial charge in [-0.15, -0.1) is 0 Å². The van der Waals surface area contributed by atoms with Crippen molar-refractivity contribution in [3.63, 3.8) is 0 Å². The molecule has 0 aliphatic heterocycles. The van der Waals surface area contributed by atoms with Crippen LogP contribution in [-0.2, 0) is 24.2 Å². The fourth-order valence-electron chi connectivity index (χ4n) is 4.70. The molecule has 0 heterocycles. The largest absolute Gasteiger partial charge is 0.497 e. The molecule has 0 bridgehead atoms. The van der Waals surface area contributed by atoms with Crippen LogP contribution < -0.4 is 10.5 Å². The van der Waals surface area contributed by atoms with Crippen LogP contribution in [0.25, 0.3) is 0 Å². The molecule has 1 fully saturated rings. The predicted octanol–water partition coefficient (Wildman–Crippen LogP) is 3.73. The van der Waals surface area contributed by atoms with E-state index in [9.17, 15) is 5.11 Å². The predicted molar refractivity (Wildman–Crippen MR) is 111 cm³/mol. The summed E-state index contributed by atoms with van der Waals surface area (Å²) in [6.45, 7) is 0.706. The Hall–Kier alpha value is -1.88. The molecule has 150 valence electrons. The van der Waals surface area contributed by atoms with Gasteiger partial charge < -0.3 is 20.3 Å². The average Bonchev–Trinajstić information content (AvgIpc) is 3.14. The first-order valence-electron chi connectivity index (χ1n) is 10.3. The number of aryl methyl sites for hydroxylation is 1. The van der Waals surface area contributed by atoms with E-state index < -0.39 is 0 Å². The first kappa shape index (κ1) is 19.4. The van der Waals surface area contributed by atoms with Crippen molar-refractivity contribution in [3.8, 4) is 5.75 Å². The standard InChI is InChI=1S/C24H31NO3/c1-27-22-4-2-3-17(11-22)15-28-23-8-7-18-12-19(5-6-20(18)13-23)21-9-10-24(25,14-21)16-26/h2-6,11-12,21,23,26H,7-10,13-16,25H2,1H3/t21-,23-,24+/m0/s1. The number of nitrogens with two attached hydrogens (primary N) is 1. The minimum atomic E-state index is -0.389. The molecule has 0 aromatic heterocycles. The molecule has 28 heavy (non-hydrogen) atoms. The zero-order valence-corrected chi connectivity index (χ0v) is 16.7. The van der Waals surface area contributed by atoms with Crippen molar-refractivity contribution in [2.45, 2.75) is 62.7 Å². The highest BCUT2D eigenvalue weighted by Crippen LogP contribution is 2.40. The number of hydrogen-bond acceptors (Lipinski definition) is 4. The molecule has 0 spiro atoms. The molecular weight excluding hydrogens is 350 g/mol. The number of aliphatic hydroxyl groups is 1. The van der Waals surface area contributed by atoms with Crippen LogP contribution in [0, 0.1) is 0 Å². The van der Waals surface area contributed by atoms with Gasteiger partial charge in [0, 0.05) is 5.54 Å². The molecule has 3 N–H and O–H groups in total. The quantitative estimate of drug-likeness (QED) is 0.800. The van der Waals surface area contributed by atoms with Crippen LogP contribution in [-0.4, -0.2) is 30.5 Å². The van der Waals surface area contributed by atoms with Crippen LogP contribution in [0.1, 0.15) is 53.9 Å². The lowest BCUT2D eigenvalue weighted by Crippen LogP contribution is -2.40. The van der Waals surface area contributed by atoms with Crippen LogP contribution in [0.15, 0.2) is 42.5 Å². The summed E-state index contributed by atoms with van der Waals surface area (Å²) in [6, 6.07) is 15.0. The maximum absolute atomic E-state index is 9.53. The van der Waals surface area contributed by atoms with Gasteiger partial charge in [0.25, 0.3) is 0 Å². The highest BCUT2D eigenvalue weighted by Gasteiger charge is 2.36. The van der Waals surface area contributed by atoms with Crippen LogP contribution in [0.4, 0.5) is 0 Å². The minimum absolute atomic E-state index is 0.0841. The van der Waals surface area contributed by atoms with Crippen molar-refractivity contribution < 1.29 is 14.6 Å². The van der Waals surface area contributed by atoms with E-state index in [1.54, 1.807) is 7.11 Å². The van der Waals surface area contributed by atoms with Crippen LogP contribution in [0.3, 0.4) is 0 Å². The maximum atomic E-state index is 9.53. The second kappa shape index (κ2) is 8.24. The van der Waals surface area contributed by atoms with Gasteiger partial charge in [-0.3, -0.25) is 0 Å². The van der Waals surface area contributed by atoms with Crippen molar-refractivity contribution in [1.82, 2.24) is 0 Å². The monoisotopic (exact) mass is 381 g/mol. The Labute approximate surface area is 167 Å². The second-order valence-electron chi connectivity index (χ2n) is 8.52. The van der Waals surface area contributed by atoms with Gasteiger partial charge in [-0.1, -0.05) is 30.3 Å². The summed E-state index contributed by atoms with van der Waals surface area (Å²) >= 11 is 0. The molecule has 0 radical (unpaired) electrons. The molecule has 0 unspecified atom stereocenters. The van der Waals surface area contributed by atoms with Crippen molar-refractivity contribution in [3.05, 3.63) is 64.7 Å². The van der Waals surface area contributed by atoms with Crippen molar-refractivity contribution >= 4 is 0 Å². The van der Waals surface area contributed by atoms with Gasteiger partial charge >= 0.3 is 0 Å². The SMILES string of the molecule is COc1cccc(CO[C@H]2CCc3cc([C@H]4CC[C@](N)(CO)C4)ccc3C2)c1. The lowest BCUT2D eigenvalue weighted by Gasteiger charge is -2.26. The number of aliphatic hydroxyl groups excluding tert-OH is 1. The average molecular weight is 382 g/mol.